The summed E-state index contributed by atoms with van der Waals surface area (Å²) >= 11 is 3.32. The standard InChI is InChI=1S/C29H24FN3OS2.ClH/c30-21-12-10-19(11-13-21)16-26(34)32-29-27(28-31-23-8-4-5-9-24(23)35-28)22-14-15-33(18-25(22)36-29)17-20-6-2-1-3-7-20;/h1-13H,14-18H2,(H,32,34);1H. The zero-order valence-electron chi connectivity index (χ0n) is 19.9. The molecule has 0 fully saturated rings. The van der Waals surface area contributed by atoms with Crippen molar-refractivity contribution in [3.05, 3.63) is 106 Å². The van der Waals surface area contributed by atoms with E-state index in [0.717, 1.165) is 57.4 Å². The molecule has 0 saturated carbocycles. The maximum atomic E-state index is 13.3. The molecule has 8 heteroatoms. The number of fused-ring (bicyclic) bond motifs is 2. The number of halogens is 2. The summed E-state index contributed by atoms with van der Waals surface area (Å²) in [6.07, 6.45) is 1.11. The second-order valence-corrected chi connectivity index (χ2v) is 11.1. The van der Waals surface area contributed by atoms with Gasteiger partial charge in [0.05, 0.1) is 16.6 Å². The number of benzene rings is 3. The molecule has 6 rings (SSSR count). The Morgan fingerprint density at radius 2 is 1.70 bits per heavy atom. The summed E-state index contributed by atoms with van der Waals surface area (Å²) in [4.78, 5) is 21.7. The van der Waals surface area contributed by atoms with E-state index in [2.05, 4.69) is 40.5 Å². The maximum absolute atomic E-state index is 13.3. The van der Waals surface area contributed by atoms with Gasteiger partial charge in [-0.05, 0) is 47.4 Å². The molecule has 188 valence electrons. The number of hydrogen-bond donors (Lipinski definition) is 1. The molecule has 1 amide bonds. The fourth-order valence-corrected chi connectivity index (χ4v) is 7.10. The van der Waals surface area contributed by atoms with E-state index in [1.807, 2.05) is 24.3 Å². The Balaban J connectivity index is 0.00000280. The van der Waals surface area contributed by atoms with Crippen LogP contribution in [0.3, 0.4) is 0 Å². The minimum atomic E-state index is -0.303. The predicted octanol–water partition coefficient (Wildman–Crippen LogP) is 7.33. The van der Waals surface area contributed by atoms with Gasteiger partial charge in [-0.1, -0.05) is 54.6 Å². The number of amides is 1. The molecule has 0 radical (unpaired) electrons. The van der Waals surface area contributed by atoms with Crippen LogP contribution in [0.2, 0.25) is 0 Å². The molecule has 5 aromatic rings. The van der Waals surface area contributed by atoms with E-state index in [4.69, 9.17) is 4.98 Å². The summed E-state index contributed by atoms with van der Waals surface area (Å²) in [5.41, 5.74) is 5.41. The Labute approximate surface area is 229 Å². The van der Waals surface area contributed by atoms with Gasteiger partial charge in [-0.2, -0.15) is 0 Å². The van der Waals surface area contributed by atoms with Crippen molar-refractivity contribution in [3.63, 3.8) is 0 Å². The van der Waals surface area contributed by atoms with Crippen LogP contribution in [0.4, 0.5) is 9.39 Å². The number of hydrogen-bond acceptors (Lipinski definition) is 5. The van der Waals surface area contributed by atoms with Gasteiger partial charge < -0.3 is 5.32 Å². The van der Waals surface area contributed by atoms with Crippen molar-refractivity contribution in [2.24, 2.45) is 0 Å². The van der Waals surface area contributed by atoms with E-state index in [0.29, 0.717) is 0 Å². The van der Waals surface area contributed by atoms with E-state index in [1.54, 1.807) is 34.8 Å². The lowest BCUT2D eigenvalue weighted by Gasteiger charge is -2.27. The molecule has 4 nitrogen and oxygen atoms in total. The van der Waals surface area contributed by atoms with E-state index >= 15 is 0 Å². The summed E-state index contributed by atoms with van der Waals surface area (Å²) in [7, 11) is 0. The highest BCUT2D eigenvalue weighted by Gasteiger charge is 2.28. The van der Waals surface area contributed by atoms with Crippen molar-refractivity contribution in [1.29, 1.82) is 0 Å². The van der Waals surface area contributed by atoms with Gasteiger partial charge in [0, 0.05) is 30.1 Å². The van der Waals surface area contributed by atoms with Crippen molar-refractivity contribution in [2.75, 3.05) is 11.9 Å². The van der Waals surface area contributed by atoms with Crippen molar-refractivity contribution in [2.45, 2.75) is 25.9 Å². The second-order valence-electron chi connectivity index (χ2n) is 8.99. The Bertz CT molecular complexity index is 1500. The molecule has 2 aromatic heterocycles. The van der Waals surface area contributed by atoms with Gasteiger partial charge in [-0.15, -0.1) is 35.1 Å². The Morgan fingerprint density at radius 3 is 2.49 bits per heavy atom. The van der Waals surface area contributed by atoms with Crippen molar-refractivity contribution in [3.8, 4) is 10.6 Å². The van der Waals surface area contributed by atoms with E-state index in [9.17, 15) is 9.18 Å². The first-order valence-electron chi connectivity index (χ1n) is 11.9. The number of para-hydroxylation sites is 1. The summed E-state index contributed by atoms with van der Waals surface area (Å²) < 4.78 is 14.4. The molecule has 0 unspecified atom stereocenters. The lowest BCUT2D eigenvalue weighted by Crippen LogP contribution is -2.29. The number of nitrogens with one attached hydrogen (secondary N) is 1. The molecule has 3 heterocycles. The number of carbonyl (C=O) groups is 1. The van der Waals surface area contributed by atoms with E-state index < -0.39 is 0 Å². The van der Waals surface area contributed by atoms with Gasteiger partial charge in [-0.25, -0.2) is 9.37 Å². The van der Waals surface area contributed by atoms with Crippen LogP contribution in [0.25, 0.3) is 20.8 Å². The molecule has 0 bridgehead atoms. The van der Waals surface area contributed by atoms with Gasteiger partial charge in [-0.3, -0.25) is 9.69 Å². The summed E-state index contributed by atoms with van der Waals surface area (Å²) in [6, 6.07) is 24.8. The lowest BCUT2D eigenvalue weighted by atomic mass is 10.0. The monoisotopic (exact) mass is 549 g/mol. The number of rotatable bonds is 6. The fraction of sp³-hybridized carbons (Fsp3) is 0.172. The van der Waals surface area contributed by atoms with E-state index in [1.165, 1.54) is 28.1 Å². The highest BCUT2D eigenvalue weighted by Crippen LogP contribution is 2.45. The third-order valence-electron chi connectivity index (χ3n) is 6.42. The zero-order chi connectivity index (χ0) is 24.5. The molecule has 0 spiro atoms. The minimum absolute atomic E-state index is 0. The third kappa shape index (κ3) is 5.60. The van der Waals surface area contributed by atoms with Crippen molar-refractivity contribution in [1.82, 2.24) is 9.88 Å². The smallest absolute Gasteiger partial charge is 0.229 e. The number of thiophene rings is 1. The van der Waals surface area contributed by atoms with Crippen LogP contribution in [0, 0.1) is 5.82 Å². The maximum Gasteiger partial charge on any atom is 0.229 e. The van der Waals surface area contributed by atoms with E-state index in [-0.39, 0.29) is 30.6 Å². The molecular weight excluding hydrogens is 525 g/mol. The Hall–Kier alpha value is -3.10. The van der Waals surface area contributed by atoms with Crippen LogP contribution in [0.1, 0.15) is 21.6 Å². The van der Waals surface area contributed by atoms with Gasteiger partial charge in [0.2, 0.25) is 5.91 Å². The highest BCUT2D eigenvalue weighted by molar-refractivity contribution is 7.22. The van der Waals surface area contributed by atoms with Crippen LogP contribution in [-0.2, 0) is 30.7 Å². The van der Waals surface area contributed by atoms with Gasteiger partial charge in [0.1, 0.15) is 15.8 Å². The SMILES string of the molecule is Cl.O=C(Cc1ccc(F)cc1)Nc1sc2c(c1-c1nc3ccccc3s1)CCN(Cc1ccccc1)C2. The van der Waals surface area contributed by atoms with Crippen molar-refractivity contribution < 1.29 is 9.18 Å². The van der Waals surface area contributed by atoms with Gasteiger partial charge >= 0.3 is 0 Å². The Kier molecular flexibility index (Phi) is 7.67. The molecule has 0 atom stereocenters. The first-order chi connectivity index (χ1) is 17.6. The molecule has 0 saturated heterocycles. The number of nitrogens with zero attached hydrogens (tertiary/aromatic N) is 2. The van der Waals surface area contributed by atoms with Crippen LogP contribution in [0.5, 0.6) is 0 Å². The second kappa shape index (κ2) is 11.1. The summed E-state index contributed by atoms with van der Waals surface area (Å²) in [6.45, 7) is 2.71. The average molecular weight is 550 g/mol. The molecule has 3 aromatic carbocycles. The quantitative estimate of drug-likeness (QED) is 0.241. The van der Waals surface area contributed by atoms with Crippen LogP contribution >= 0.6 is 35.1 Å². The molecule has 1 aliphatic heterocycles. The summed E-state index contributed by atoms with van der Waals surface area (Å²) in [5, 5.41) is 4.97. The number of thiazole rings is 1. The van der Waals surface area contributed by atoms with Crippen LogP contribution in [0.15, 0.2) is 78.9 Å². The largest absolute Gasteiger partial charge is 0.317 e. The molecule has 0 aliphatic carbocycles. The molecular formula is C29H25ClFN3OS2. The van der Waals surface area contributed by atoms with Crippen molar-refractivity contribution >= 4 is 56.2 Å². The Morgan fingerprint density at radius 1 is 0.946 bits per heavy atom. The predicted molar refractivity (Wildman–Crippen MR) is 153 cm³/mol. The van der Waals surface area contributed by atoms with Crippen LogP contribution in [-0.4, -0.2) is 22.3 Å². The zero-order valence-corrected chi connectivity index (χ0v) is 22.4. The summed E-state index contributed by atoms with van der Waals surface area (Å²) in [5.74, 6) is -0.410. The average Bonchev–Trinajstić information content (AvgIpc) is 3.46. The van der Waals surface area contributed by atoms with Gasteiger partial charge in [0.15, 0.2) is 0 Å². The normalized spacial score (nSPS) is 13.2. The minimum Gasteiger partial charge on any atom is -0.317 e. The molecule has 1 aliphatic rings. The first-order valence-corrected chi connectivity index (χ1v) is 13.6. The fourth-order valence-electron chi connectivity index (χ4n) is 4.68. The van der Waals surface area contributed by atoms with Crippen LogP contribution < -0.4 is 5.32 Å². The third-order valence-corrected chi connectivity index (χ3v) is 8.61. The first kappa shape index (κ1) is 25.5. The topological polar surface area (TPSA) is 45.2 Å². The number of carbonyl (C=O) groups excluding carboxylic acids is 1. The lowest BCUT2D eigenvalue weighted by molar-refractivity contribution is -0.115. The number of anilines is 1. The molecule has 37 heavy (non-hydrogen) atoms. The van der Waals surface area contributed by atoms with Gasteiger partial charge in [0.25, 0.3) is 0 Å². The number of aromatic nitrogens is 1. The molecule has 1 N–H and O–H groups in total. The highest BCUT2D eigenvalue weighted by atomic mass is 35.5.